The van der Waals surface area contributed by atoms with E-state index >= 15 is 0 Å². The van der Waals surface area contributed by atoms with E-state index in [0.717, 1.165) is 18.7 Å². The fraction of sp³-hybridized carbons (Fsp3) is 0.450. The minimum atomic E-state index is -4.86. The van der Waals surface area contributed by atoms with Crippen LogP contribution < -0.4 is 21.1 Å². The van der Waals surface area contributed by atoms with Crippen molar-refractivity contribution in [1.29, 1.82) is 0 Å². The maximum Gasteiger partial charge on any atom is 0.429 e. The molecule has 1 amide bonds. The Kier molecular flexibility index (Phi) is 7.95. The number of nitrogens with zero attached hydrogens (tertiary/aromatic N) is 1. The number of nitrogens with two attached hydrogens (primary N) is 1. The molecule has 2 rings (SSSR count). The molecule has 2 atom stereocenters. The number of carbonyl (C=O) groups is 2. The molecule has 1 aromatic rings. The second-order valence-electron chi connectivity index (χ2n) is 7.24. The number of methoxy groups -OCH3 is 1. The Morgan fingerprint density at radius 1 is 1.34 bits per heavy atom. The first-order chi connectivity index (χ1) is 15.0. The van der Waals surface area contributed by atoms with Gasteiger partial charge in [-0.2, -0.15) is 13.2 Å². The van der Waals surface area contributed by atoms with Crippen LogP contribution in [0.5, 0.6) is 5.75 Å². The van der Waals surface area contributed by atoms with Gasteiger partial charge in [-0.3, -0.25) is 4.79 Å². The van der Waals surface area contributed by atoms with Crippen molar-refractivity contribution >= 4 is 23.9 Å². The fourth-order valence-electron chi connectivity index (χ4n) is 3.30. The molecule has 0 bridgehead atoms. The SMILES string of the molecule is COC(=O)[C@H](CCCNC(N)=NO)NC(=O)C1=Cc2cc(C)cc(C)c2O[C@@H]1C(F)(F)F. The van der Waals surface area contributed by atoms with Crippen molar-refractivity contribution in [1.82, 2.24) is 10.6 Å². The number of benzene rings is 1. The lowest BCUT2D eigenvalue weighted by Gasteiger charge is -2.30. The first-order valence-corrected chi connectivity index (χ1v) is 9.64. The van der Waals surface area contributed by atoms with Crippen molar-refractivity contribution in [3.05, 3.63) is 34.4 Å². The number of hydrogen-bond acceptors (Lipinski definition) is 6. The van der Waals surface area contributed by atoms with Gasteiger partial charge in [-0.15, -0.1) is 0 Å². The van der Waals surface area contributed by atoms with Gasteiger partial charge in [0.05, 0.1) is 12.7 Å². The third kappa shape index (κ3) is 6.05. The van der Waals surface area contributed by atoms with Crippen LogP contribution in [0.3, 0.4) is 0 Å². The van der Waals surface area contributed by atoms with Crippen LogP contribution in [-0.2, 0) is 14.3 Å². The van der Waals surface area contributed by atoms with Crippen LogP contribution in [0.25, 0.3) is 6.08 Å². The predicted octanol–water partition coefficient (Wildman–Crippen LogP) is 1.74. The standard InChI is InChI=1S/C20H25F3N4O5/c1-10-7-11(2)15-12(8-10)9-13(16(32-15)20(21,22)23)17(28)26-14(18(29)31-3)5-4-6-25-19(24)27-30/h7-9,14,16,30H,4-6H2,1-3H3,(H,26,28)(H3,24,25,27)/t14-,16-/m0/s1. The number of amides is 1. The summed E-state index contributed by atoms with van der Waals surface area (Å²) in [4.78, 5) is 24.9. The van der Waals surface area contributed by atoms with Gasteiger partial charge in [-0.05, 0) is 44.4 Å². The molecule has 1 aliphatic heterocycles. The monoisotopic (exact) mass is 458 g/mol. The van der Waals surface area contributed by atoms with Gasteiger partial charge in [0.25, 0.3) is 5.91 Å². The largest absolute Gasteiger partial charge is 0.475 e. The highest BCUT2D eigenvalue weighted by molar-refractivity contribution is 6.02. The Bertz CT molecular complexity index is 931. The molecule has 9 nitrogen and oxygen atoms in total. The highest BCUT2D eigenvalue weighted by atomic mass is 19.4. The van der Waals surface area contributed by atoms with E-state index in [1.54, 1.807) is 26.0 Å². The second-order valence-corrected chi connectivity index (χ2v) is 7.24. The number of aryl methyl sites for hydroxylation is 2. The number of guanidine groups is 1. The van der Waals surface area contributed by atoms with Crippen LogP contribution in [0.15, 0.2) is 22.9 Å². The van der Waals surface area contributed by atoms with E-state index in [1.807, 2.05) is 0 Å². The van der Waals surface area contributed by atoms with Crippen molar-refractivity contribution in [2.45, 2.75) is 45.0 Å². The van der Waals surface area contributed by atoms with Crippen molar-refractivity contribution in [2.24, 2.45) is 10.9 Å². The fourth-order valence-corrected chi connectivity index (χ4v) is 3.30. The van der Waals surface area contributed by atoms with Gasteiger partial charge in [0.2, 0.25) is 12.1 Å². The molecule has 0 saturated carbocycles. The summed E-state index contributed by atoms with van der Waals surface area (Å²) >= 11 is 0. The summed E-state index contributed by atoms with van der Waals surface area (Å²) < 4.78 is 50.9. The Balaban J connectivity index is 2.27. The van der Waals surface area contributed by atoms with Gasteiger partial charge in [-0.1, -0.05) is 16.8 Å². The summed E-state index contributed by atoms with van der Waals surface area (Å²) in [5.74, 6) is -2.12. The molecular weight excluding hydrogens is 433 g/mol. The first-order valence-electron chi connectivity index (χ1n) is 9.64. The second kappa shape index (κ2) is 10.2. The number of alkyl halides is 3. The Hall–Kier alpha value is -3.44. The van der Waals surface area contributed by atoms with Gasteiger partial charge < -0.3 is 31.0 Å². The van der Waals surface area contributed by atoms with E-state index in [2.05, 4.69) is 20.5 Å². The van der Waals surface area contributed by atoms with Crippen LogP contribution in [0.4, 0.5) is 13.2 Å². The maximum atomic E-state index is 13.7. The number of oxime groups is 1. The number of rotatable bonds is 7. The average Bonchev–Trinajstić information content (AvgIpc) is 2.73. The lowest BCUT2D eigenvalue weighted by Crippen LogP contribution is -2.48. The summed E-state index contributed by atoms with van der Waals surface area (Å²) in [6.45, 7) is 3.57. The van der Waals surface area contributed by atoms with Crippen molar-refractivity contribution in [2.75, 3.05) is 13.7 Å². The molecule has 32 heavy (non-hydrogen) atoms. The molecule has 0 aromatic heterocycles. The van der Waals surface area contributed by atoms with Crippen LogP contribution >= 0.6 is 0 Å². The van der Waals surface area contributed by atoms with Gasteiger partial charge >= 0.3 is 12.1 Å². The van der Waals surface area contributed by atoms with Gasteiger partial charge in [0.1, 0.15) is 11.8 Å². The van der Waals surface area contributed by atoms with Crippen molar-refractivity contribution in [3.8, 4) is 5.75 Å². The number of halogens is 3. The van der Waals surface area contributed by atoms with Crippen LogP contribution in [-0.4, -0.2) is 55.0 Å². The molecule has 1 heterocycles. The first kappa shape index (κ1) is 24.8. The zero-order chi connectivity index (χ0) is 24.1. The summed E-state index contributed by atoms with van der Waals surface area (Å²) in [5, 5.41) is 16.1. The van der Waals surface area contributed by atoms with Crippen LogP contribution in [0.2, 0.25) is 0 Å². The van der Waals surface area contributed by atoms with Crippen LogP contribution in [0, 0.1) is 13.8 Å². The Morgan fingerprint density at radius 3 is 2.62 bits per heavy atom. The molecule has 176 valence electrons. The highest BCUT2D eigenvalue weighted by Gasteiger charge is 2.48. The minimum Gasteiger partial charge on any atom is -0.475 e. The molecule has 0 radical (unpaired) electrons. The van der Waals surface area contributed by atoms with E-state index in [-0.39, 0.29) is 31.1 Å². The zero-order valence-electron chi connectivity index (χ0n) is 17.7. The van der Waals surface area contributed by atoms with Gasteiger partial charge in [0, 0.05) is 12.1 Å². The summed E-state index contributed by atoms with van der Waals surface area (Å²) in [7, 11) is 1.10. The topological polar surface area (TPSA) is 135 Å². The minimum absolute atomic E-state index is 0.0315. The number of esters is 1. The van der Waals surface area contributed by atoms with Crippen LogP contribution in [0.1, 0.15) is 29.5 Å². The molecule has 1 aromatic carbocycles. The smallest absolute Gasteiger partial charge is 0.429 e. The average molecular weight is 458 g/mol. The highest BCUT2D eigenvalue weighted by Crippen LogP contribution is 2.39. The summed E-state index contributed by atoms with van der Waals surface area (Å²) in [6, 6.07) is 2.08. The number of nitrogens with one attached hydrogen (secondary N) is 2. The Morgan fingerprint density at radius 2 is 2.03 bits per heavy atom. The molecular formula is C20H25F3N4O5. The normalized spacial score (nSPS) is 16.9. The number of fused-ring (bicyclic) bond motifs is 1. The number of carbonyl (C=O) groups excluding carboxylic acids is 2. The molecule has 0 fully saturated rings. The molecule has 5 N–H and O–H groups in total. The van der Waals surface area contributed by atoms with E-state index in [0.29, 0.717) is 11.1 Å². The lowest BCUT2D eigenvalue weighted by atomic mass is 9.96. The number of ether oxygens (including phenoxy) is 2. The number of hydrogen-bond donors (Lipinski definition) is 4. The summed E-state index contributed by atoms with van der Waals surface area (Å²) in [6.07, 6.45) is -5.93. The van der Waals surface area contributed by atoms with E-state index in [4.69, 9.17) is 15.7 Å². The lowest BCUT2D eigenvalue weighted by molar-refractivity contribution is -0.185. The quantitative estimate of drug-likeness (QED) is 0.122. The molecule has 1 aliphatic rings. The third-order valence-electron chi connectivity index (χ3n) is 4.71. The maximum absolute atomic E-state index is 13.7. The Labute approximate surface area is 182 Å². The van der Waals surface area contributed by atoms with E-state index in [1.165, 1.54) is 0 Å². The van der Waals surface area contributed by atoms with E-state index in [9.17, 15) is 22.8 Å². The molecule has 0 aliphatic carbocycles. The van der Waals surface area contributed by atoms with Gasteiger partial charge in [0.15, 0.2) is 0 Å². The van der Waals surface area contributed by atoms with Gasteiger partial charge in [-0.25, -0.2) is 4.79 Å². The summed E-state index contributed by atoms with van der Waals surface area (Å²) in [5.41, 5.74) is 6.24. The van der Waals surface area contributed by atoms with Crippen molar-refractivity contribution < 1.29 is 37.4 Å². The van der Waals surface area contributed by atoms with E-state index < -0.39 is 35.8 Å². The zero-order valence-corrected chi connectivity index (χ0v) is 17.7. The van der Waals surface area contributed by atoms with Crippen molar-refractivity contribution in [3.63, 3.8) is 0 Å². The molecule has 0 unspecified atom stereocenters. The predicted molar refractivity (Wildman–Crippen MR) is 109 cm³/mol. The molecule has 12 heteroatoms. The molecule has 0 saturated heterocycles. The third-order valence-corrected chi connectivity index (χ3v) is 4.71. The molecule has 0 spiro atoms.